The van der Waals surface area contributed by atoms with Crippen LogP contribution in [0.25, 0.3) is 0 Å². The Morgan fingerprint density at radius 1 is 1.10 bits per heavy atom. The van der Waals surface area contributed by atoms with Crippen molar-refractivity contribution in [2.24, 2.45) is 0 Å². The predicted molar refractivity (Wildman–Crippen MR) is 116 cm³/mol. The molecule has 6 heteroatoms. The molecule has 1 atom stereocenters. The number of unbranched alkanes of at least 4 members (excludes halogenated alkanes) is 1. The highest BCUT2D eigenvalue weighted by molar-refractivity contribution is 5.88. The predicted octanol–water partition coefficient (Wildman–Crippen LogP) is 4.24. The minimum Gasteiger partial charge on any atom is -0.484 e. The minimum absolute atomic E-state index is 0.158. The van der Waals surface area contributed by atoms with Crippen LogP contribution in [0.5, 0.6) is 5.75 Å². The Bertz CT molecular complexity index is 823. The van der Waals surface area contributed by atoms with Gasteiger partial charge in [-0.15, -0.1) is 0 Å². The van der Waals surface area contributed by atoms with E-state index in [1.807, 2.05) is 38.1 Å². The first-order chi connectivity index (χ1) is 14.5. The molecule has 1 N–H and O–H groups in total. The summed E-state index contributed by atoms with van der Waals surface area (Å²) in [5, 5.41) is 2.94. The lowest BCUT2D eigenvalue weighted by atomic mass is 10.1. The Morgan fingerprint density at radius 3 is 2.43 bits per heavy atom. The average molecular weight is 415 g/mol. The molecule has 0 aromatic heterocycles. The van der Waals surface area contributed by atoms with Crippen LogP contribution in [0.4, 0.5) is 4.39 Å². The number of halogens is 1. The van der Waals surface area contributed by atoms with Gasteiger partial charge in [-0.05, 0) is 55.2 Å². The van der Waals surface area contributed by atoms with Gasteiger partial charge in [0.05, 0.1) is 0 Å². The topological polar surface area (TPSA) is 58.6 Å². The number of ether oxygens (including phenoxy) is 1. The molecule has 0 radical (unpaired) electrons. The number of hydrogen-bond donors (Lipinski definition) is 1. The van der Waals surface area contributed by atoms with Gasteiger partial charge in [0.25, 0.3) is 5.91 Å². The summed E-state index contributed by atoms with van der Waals surface area (Å²) in [6, 6.07) is 12.7. The molecule has 2 rings (SSSR count). The first-order valence-corrected chi connectivity index (χ1v) is 10.5. The standard InChI is InChI=1S/C24H31FN2O3/c1-4-6-15-26-24(29)22(5-2)27(16-19-10-8-7-9-18(19)3)23(28)17-30-21-13-11-20(25)12-14-21/h7-14,22H,4-6,15-17H2,1-3H3,(H,26,29)/t22-/m0/s1. The van der Waals surface area contributed by atoms with Crippen molar-refractivity contribution < 1.29 is 18.7 Å². The molecule has 2 aromatic carbocycles. The summed E-state index contributed by atoms with van der Waals surface area (Å²) in [6.07, 6.45) is 2.36. The fraction of sp³-hybridized carbons (Fsp3) is 0.417. The molecular weight excluding hydrogens is 383 g/mol. The zero-order valence-corrected chi connectivity index (χ0v) is 18.0. The van der Waals surface area contributed by atoms with Crippen LogP contribution in [0, 0.1) is 12.7 Å². The number of amides is 2. The Morgan fingerprint density at radius 2 is 1.80 bits per heavy atom. The largest absolute Gasteiger partial charge is 0.484 e. The molecule has 0 saturated heterocycles. The molecule has 0 bridgehead atoms. The molecule has 0 unspecified atom stereocenters. The van der Waals surface area contributed by atoms with Gasteiger partial charge < -0.3 is 15.0 Å². The smallest absolute Gasteiger partial charge is 0.261 e. The summed E-state index contributed by atoms with van der Waals surface area (Å²) < 4.78 is 18.6. The Balaban J connectivity index is 2.17. The number of carbonyl (C=O) groups excluding carboxylic acids is 2. The number of nitrogens with zero attached hydrogens (tertiary/aromatic N) is 1. The van der Waals surface area contributed by atoms with Gasteiger partial charge >= 0.3 is 0 Å². The molecule has 0 spiro atoms. The third-order valence-electron chi connectivity index (χ3n) is 4.99. The fourth-order valence-electron chi connectivity index (χ4n) is 3.16. The second kappa shape index (κ2) is 12.0. The Hall–Kier alpha value is -2.89. The normalized spacial score (nSPS) is 11.6. The number of hydrogen-bond acceptors (Lipinski definition) is 3. The van der Waals surface area contributed by atoms with Gasteiger partial charge in [0.15, 0.2) is 6.61 Å². The average Bonchev–Trinajstić information content (AvgIpc) is 2.74. The molecule has 0 fully saturated rings. The summed E-state index contributed by atoms with van der Waals surface area (Å²) >= 11 is 0. The zero-order valence-electron chi connectivity index (χ0n) is 18.0. The van der Waals surface area contributed by atoms with Crippen molar-refractivity contribution in [3.05, 3.63) is 65.5 Å². The van der Waals surface area contributed by atoms with Crippen LogP contribution in [-0.2, 0) is 16.1 Å². The van der Waals surface area contributed by atoms with Gasteiger partial charge in [-0.2, -0.15) is 0 Å². The van der Waals surface area contributed by atoms with Crippen LogP contribution in [-0.4, -0.2) is 35.9 Å². The second-order valence-electron chi connectivity index (χ2n) is 7.26. The van der Waals surface area contributed by atoms with Crippen LogP contribution in [0.1, 0.15) is 44.2 Å². The highest BCUT2D eigenvalue weighted by Crippen LogP contribution is 2.17. The van der Waals surface area contributed by atoms with E-state index in [2.05, 4.69) is 12.2 Å². The second-order valence-corrected chi connectivity index (χ2v) is 7.26. The lowest BCUT2D eigenvalue weighted by Gasteiger charge is -2.31. The molecule has 0 heterocycles. The lowest BCUT2D eigenvalue weighted by Crippen LogP contribution is -2.50. The maximum absolute atomic E-state index is 13.1. The summed E-state index contributed by atoms with van der Waals surface area (Å²) in [4.78, 5) is 27.5. The number of nitrogens with one attached hydrogen (secondary N) is 1. The minimum atomic E-state index is -0.592. The molecule has 2 aromatic rings. The molecule has 162 valence electrons. The van der Waals surface area contributed by atoms with Crippen LogP contribution in [0.3, 0.4) is 0 Å². The number of carbonyl (C=O) groups is 2. The number of benzene rings is 2. The van der Waals surface area contributed by atoms with Crippen LogP contribution in [0.15, 0.2) is 48.5 Å². The maximum atomic E-state index is 13.1. The van der Waals surface area contributed by atoms with E-state index in [-0.39, 0.29) is 24.2 Å². The van der Waals surface area contributed by atoms with E-state index >= 15 is 0 Å². The van der Waals surface area contributed by atoms with Gasteiger partial charge in [-0.25, -0.2) is 4.39 Å². The molecule has 0 saturated carbocycles. The monoisotopic (exact) mass is 414 g/mol. The van der Waals surface area contributed by atoms with Gasteiger partial charge in [0.1, 0.15) is 17.6 Å². The van der Waals surface area contributed by atoms with E-state index in [4.69, 9.17) is 4.74 Å². The van der Waals surface area contributed by atoms with E-state index in [0.29, 0.717) is 25.3 Å². The third-order valence-corrected chi connectivity index (χ3v) is 4.99. The fourth-order valence-corrected chi connectivity index (χ4v) is 3.16. The van der Waals surface area contributed by atoms with Crippen molar-refractivity contribution in [3.8, 4) is 5.75 Å². The number of rotatable bonds is 11. The van der Waals surface area contributed by atoms with Gasteiger partial charge in [-0.3, -0.25) is 9.59 Å². The third kappa shape index (κ3) is 6.87. The molecule has 0 aliphatic rings. The Kier molecular flexibility index (Phi) is 9.32. The summed E-state index contributed by atoms with van der Waals surface area (Å²) in [5.74, 6) is -0.416. The van der Waals surface area contributed by atoms with Crippen molar-refractivity contribution in [2.75, 3.05) is 13.2 Å². The molecule has 0 aliphatic heterocycles. The Labute approximate surface area is 178 Å². The zero-order chi connectivity index (χ0) is 21.9. The van der Waals surface area contributed by atoms with Crippen molar-refractivity contribution in [1.82, 2.24) is 10.2 Å². The molecular formula is C24H31FN2O3. The van der Waals surface area contributed by atoms with Crippen molar-refractivity contribution in [1.29, 1.82) is 0 Å². The van der Waals surface area contributed by atoms with Crippen molar-refractivity contribution in [3.63, 3.8) is 0 Å². The van der Waals surface area contributed by atoms with Crippen molar-refractivity contribution in [2.45, 2.75) is 52.6 Å². The van der Waals surface area contributed by atoms with E-state index in [1.54, 1.807) is 4.90 Å². The van der Waals surface area contributed by atoms with Crippen LogP contribution in [0.2, 0.25) is 0 Å². The van der Waals surface area contributed by atoms with E-state index in [1.165, 1.54) is 24.3 Å². The van der Waals surface area contributed by atoms with Gasteiger partial charge in [0.2, 0.25) is 5.91 Å². The first kappa shape index (κ1) is 23.4. The van der Waals surface area contributed by atoms with Crippen LogP contribution < -0.4 is 10.1 Å². The van der Waals surface area contributed by atoms with Crippen molar-refractivity contribution >= 4 is 11.8 Å². The van der Waals surface area contributed by atoms with E-state index in [9.17, 15) is 14.0 Å². The lowest BCUT2D eigenvalue weighted by molar-refractivity contribution is -0.143. The molecule has 5 nitrogen and oxygen atoms in total. The molecule has 0 aliphatic carbocycles. The molecule has 30 heavy (non-hydrogen) atoms. The highest BCUT2D eigenvalue weighted by Gasteiger charge is 2.29. The van der Waals surface area contributed by atoms with Gasteiger partial charge in [-0.1, -0.05) is 44.5 Å². The maximum Gasteiger partial charge on any atom is 0.261 e. The highest BCUT2D eigenvalue weighted by atomic mass is 19.1. The van der Waals surface area contributed by atoms with E-state index in [0.717, 1.165) is 24.0 Å². The molecule has 2 amide bonds. The SMILES string of the molecule is CCCCNC(=O)[C@H](CC)N(Cc1ccccc1C)C(=O)COc1ccc(F)cc1. The summed E-state index contributed by atoms with van der Waals surface area (Å²) in [5.41, 5.74) is 2.03. The van der Waals surface area contributed by atoms with Crippen LogP contribution >= 0.6 is 0 Å². The van der Waals surface area contributed by atoms with Gasteiger partial charge in [0, 0.05) is 13.1 Å². The summed E-state index contributed by atoms with van der Waals surface area (Å²) in [6.45, 7) is 6.61. The van der Waals surface area contributed by atoms with E-state index < -0.39 is 6.04 Å². The number of aryl methyl sites for hydroxylation is 1. The quantitative estimate of drug-likeness (QED) is 0.560. The summed E-state index contributed by atoms with van der Waals surface area (Å²) in [7, 11) is 0. The first-order valence-electron chi connectivity index (χ1n) is 10.5.